The molecule has 2 N–H and O–H groups in total. The van der Waals surface area contributed by atoms with Crippen LogP contribution in [0, 0.1) is 5.92 Å². The van der Waals surface area contributed by atoms with E-state index in [9.17, 15) is 9.59 Å². The molecule has 1 unspecified atom stereocenters. The number of hydrogen-bond donors (Lipinski definition) is 1. The van der Waals surface area contributed by atoms with E-state index in [0.29, 0.717) is 5.92 Å². The highest BCUT2D eigenvalue weighted by Crippen LogP contribution is 2.18. The molecule has 1 aliphatic heterocycles. The van der Waals surface area contributed by atoms with Crippen LogP contribution >= 0.6 is 0 Å². The van der Waals surface area contributed by atoms with Gasteiger partial charge in [-0.05, 0) is 32.6 Å². The summed E-state index contributed by atoms with van der Waals surface area (Å²) < 4.78 is 0. The molecule has 1 fully saturated rings. The molecule has 0 spiro atoms. The molecule has 5 nitrogen and oxygen atoms in total. The molecule has 18 heavy (non-hydrogen) atoms. The molecular weight excluding hydrogens is 230 g/mol. The van der Waals surface area contributed by atoms with Crippen LogP contribution in [0.3, 0.4) is 0 Å². The number of hydrogen-bond acceptors (Lipinski definition) is 3. The molecule has 1 atom stereocenters. The van der Waals surface area contributed by atoms with Crippen molar-refractivity contribution in [1.29, 1.82) is 0 Å². The van der Waals surface area contributed by atoms with Gasteiger partial charge in [-0.25, -0.2) is 0 Å². The van der Waals surface area contributed by atoms with E-state index in [1.54, 1.807) is 6.92 Å². The minimum Gasteiger partial charge on any atom is -0.341 e. The zero-order valence-corrected chi connectivity index (χ0v) is 11.7. The average Bonchev–Trinajstić information content (AvgIpc) is 2.34. The van der Waals surface area contributed by atoms with Crippen LogP contribution in [0.4, 0.5) is 0 Å². The third kappa shape index (κ3) is 3.98. The van der Waals surface area contributed by atoms with Crippen molar-refractivity contribution < 1.29 is 9.59 Å². The molecule has 1 aliphatic rings. The first-order chi connectivity index (χ1) is 8.45. The van der Waals surface area contributed by atoms with Gasteiger partial charge in [0.2, 0.25) is 11.8 Å². The second-order valence-electron chi connectivity index (χ2n) is 5.32. The molecule has 104 valence electrons. The number of carbonyl (C=O) groups excluding carboxylic acids is 2. The third-order valence-electron chi connectivity index (χ3n) is 3.53. The Hall–Kier alpha value is -1.10. The minimum absolute atomic E-state index is 0.0126. The lowest BCUT2D eigenvalue weighted by Crippen LogP contribution is -2.47. The van der Waals surface area contributed by atoms with Crippen molar-refractivity contribution in [3.63, 3.8) is 0 Å². The maximum atomic E-state index is 11.6. The van der Waals surface area contributed by atoms with Gasteiger partial charge in [-0.15, -0.1) is 0 Å². The van der Waals surface area contributed by atoms with E-state index in [2.05, 4.69) is 0 Å². The fourth-order valence-electron chi connectivity index (χ4n) is 2.55. The number of piperidine rings is 1. The SMILES string of the molecule is CC(=O)N(CC1CCCN(C(=O)CN)C1)C(C)C. The summed E-state index contributed by atoms with van der Waals surface area (Å²) in [6, 6.07) is 0.211. The van der Waals surface area contributed by atoms with Crippen LogP contribution in [-0.4, -0.2) is 53.8 Å². The topological polar surface area (TPSA) is 66.6 Å². The molecule has 0 aromatic carbocycles. The molecule has 2 amide bonds. The zero-order valence-electron chi connectivity index (χ0n) is 11.7. The molecule has 0 aromatic heterocycles. The normalized spacial score (nSPS) is 20.1. The molecule has 0 saturated carbocycles. The Morgan fingerprint density at radius 3 is 2.61 bits per heavy atom. The van der Waals surface area contributed by atoms with Gasteiger partial charge in [0.05, 0.1) is 6.54 Å². The predicted molar refractivity (Wildman–Crippen MR) is 70.9 cm³/mol. The Morgan fingerprint density at radius 1 is 1.44 bits per heavy atom. The summed E-state index contributed by atoms with van der Waals surface area (Å²) in [5.41, 5.74) is 5.39. The first-order valence-electron chi connectivity index (χ1n) is 6.70. The van der Waals surface area contributed by atoms with Gasteiger partial charge in [0.1, 0.15) is 0 Å². The van der Waals surface area contributed by atoms with Crippen LogP contribution in [-0.2, 0) is 9.59 Å². The van der Waals surface area contributed by atoms with Crippen molar-refractivity contribution in [3.8, 4) is 0 Å². The third-order valence-corrected chi connectivity index (χ3v) is 3.53. The van der Waals surface area contributed by atoms with Gasteiger partial charge in [-0.3, -0.25) is 9.59 Å². The van der Waals surface area contributed by atoms with E-state index in [0.717, 1.165) is 32.5 Å². The summed E-state index contributed by atoms with van der Waals surface area (Å²) in [4.78, 5) is 26.8. The van der Waals surface area contributed by atoms with E-state index in [1.165, 1.54) is 0 Å². The Balaban J connectivity index is 2.56. The van der Waals surface area contributed by atoms with Gasteiger partial charge >= 0.3 is 0 Å². The molecule has 0 aromatic rings. The van der Waals surface area contributed by atoms with Crippen LogP contribution in [0.5, 0.6) is 0 Å². The number of rotatable bonds is 4. The van der Waals surface area contributed by atoms with Gasteiger partial charge < -0.3 is 15.5 Å². The Labute approximate surface area is 109 Å². The van der Waals surface area contributed by atoms with Crippen LogP contribution in [0.25, 0.3) is 0 Å². The van der Waals surface area contributed by atoms with Crippen molar-refractivity contribution in [2.24, 2.45) is 11.7 Å². The summed E-state index contributed by atoms with van der Waals surface area (Å²) in [5.74, 6) is 0.492. The minimum atomic E-state index is 0.0126. The first kappa shape index (κ1) is 15.0. The van der Waals surface area contributed by atoms with Crippen molar-refractivity contribution in [2.45, 2.75) is 39.7 Å². The van der Waals surface area contributed by atoms with Crippen molar-refractivity contribution in [1.82, 2.24) is 9.80 Å². The maximum Gasteiger partial charge on any atom is 0.236 e. The van der Waals surface area contributed by atoms with Crippen LogP contribution in [0.15, 0.2) is 0 Å². The number of likely N-dealkylation sites (tertiary alicyclic amines) is 1. The molecule has 0 aliphatic carbocycles. The molecule has 1 saturated heterocycles. The summed E-state index contributed by atoms with van der Waals surface area (Å²) in [5, 5.41) is 0. The summed E-state index contributed by atoms with van der Waals surface area (Å²) in [6.07, 6.45) is 2.07. The van der Waals surface area contributed by atoms with Gasteiger partial charge in [-0.1, -0.05) is 0 Å². The number of nitrogens with zero attached hydrogens (tertiary/aromatic N) is 2. The Bertz CT molecular complexity index is 305. The molecule has 0 bridgehead atoms. The van der Waals surface area contributed by atoms with E-state index < -0.39 is 0 Å². The fraction of sp³-hybridized carbons (Fsp3) is 0.846. The largest absolute Gasteiger partial charge is 0.341 e. The average molecular weight is 255 g/mol. The zero-order chi connectivity index (χ0) is 13.7. The lowest BCUT2D eigenvalue weighted by atomic mass is 9.96. The Kier molecular flexibility index (Phi) is 5.59. The monoisotopic (exact) mass is 255 g/mol. The van der Waals surface area contributed by atoms with E-state index in [4.69, 9.17) is 5.73 Å². The number of carbonyl (C=O) groups is 2. The molecule has 5 heteroatoms. The summed E-state index contributed by atoms with van der Waals surface area (Å²) >= 11 is 0. The van der Waals surface area contributed by atoms with E-state index in [-0.39, 0.29) is 24.4 Å². The molecule has 1 heterocycles. The highest BCUT2D eigenvalue weighted by molar-refractivity contribution is 5.78. The first-order valence-corrected chi connectivity index (χ1v) is 6.70. The van der Waals surface area contributed by atoms with Crippen LogP contribution in [0.2, 0.25) is 0 Å². The molecule has 0 radical (unpaired) electrons. The van der Waals surface area contributed by atoms with Crippen molar-refractivity contribution in [3.05, 3.63) is 0 Å². The van der Waals surface area contributed by atoms with Gasteiger partial charge in [0, 0.05) is 32.6 Å². The predicted octanol–water partition coefficient (Wildman–Crippen LogP) is 0.441. The lowest BCUT2D eigenvalue weighted by Gasteiger charge is -2.36. The van der Waals surface area contributed by atoms with E-state index >= 15 is 0 Å². The highest BCUT2D eigenvalue weighted by atomic mass is 16.2. The smallest absolute Gasteiger partial charge is 0.236 e. The second-order valence-corrected chi connectivity index (χ2v) is 5.32. The standard InChI is InChI=1S/C13H25N3O2/c1-10(2)16(11(3)17)9-12-5-4-6-15(8-12)13(18)7-14/h10,12H,4-9,14H2,1-3H3. The van der Waals surface area contributed by atoms with E-state index in [1.807, 2.05) is 23.6 Å². The van der Waals surface area contributed by atoms with Crippen molar-refractivity contribution >= 4 is 11.8 Å². The summed E-state index contributed by atoms with van der Waals surface area (Å²) in [6.45, 7) is 7.99. The van der Waals surface area contributed by atoms with Crippen LogP contribution in [0.1, 0.15) is 33.6 Å². The lowest BCUT2D eigenvalue weighted by molar-refractivity contribution is -0.133. The second kappa shape index (κ2) is 6.73. The maximum absolute atomic E-state index is 11.6. The number of amides is 2. The molecule has 1 rings (SSSR count). The van der Waals surface area contributed by atoms with Gasteiger partial charge in [0.25, 0.3) is 0 Å². The van der Waals surface area contributed by atoms with Crippen molar-refractivity contribution in [2.75, 3.05) is 26.2 Å². The van der Waals surface area contributed by atoms with Crippen LogP contribution < -0.4 is 5.73 Å². The fourth-order valence-corrected chi connectivity index (χ4v) is 2.55. The Morgan fingerprint density at radius 2 is 2.11 bits per heavy atom. The number of nitrogens with two attached hydrogens (primary N) is 1. The quantitative estimate of drug-likeness (QED) is 0.792. The molecular formula is C13H25N3O2. The highest BCUT2D eigenvalue weighted by Gasteiger charge is 2.26. The summed E-state index contributed by atoms with van der Waals surface area (Å²) in [7, 11) is 0. The van der Waals surface area contributed by atoms with Gasteiger partial charge in [-0.2, -0.15) is 0 Å². The van der Waals surface area contributed by atoms with Gasteiger partial charge in [0.15, 0.2) is 0 Å².